The number of amides is 2. The van der Waals surface area contributed by atoms with Crippen molar-refractivity contribution < 1.29 is 23.1 Å². The van der Waals surface area contributed by atoms with Crippen LogP contribution in [0.4, 0.5) is 5.69 Å². The molecule has 0 bridgehead atoms. The maximum atomic E-state index is 13.0. The van der Waals surface area contributed by atoms with Crippen molar-refractivity contribution in [2.45, 2.75) is 23.1 Å². The standard InChI is InChI=1S/C21H23N3O5S2/c1-14-2-4-17(25)19(12-14)31(28,29)24-9-7-23(8-10-24)21(27)15-3-5-18-16(13-15)22-20(26)6-11-30-18/h2-5,12-13,25H,6-11H2,1H3,(H,22,26). The lowest BCUT2D eigenvalue weighted by Crippen LogP contribution is -2.50. The van der Waals surface area contributed by atoms with Crippen molar-refractivity contribution in [2.24, 2.45) is 0 Å². The fourth-order valence-electron chi connectivity index (χ4n) is 3.63. The van der Waals surface area contributed by atoms with Crippen molar-refractivity contribution in [3.8, 4) is 5.75 Å². The number of nitrogens with zero attached hydrogens (tertiary/aromatic N) is 2. The van der Waals surface area contributed by atoms with Crippen molar-refractivity contribution in [3.05, 3.63) is 47.5 Å². The Hall–Kier alpha value is -2.56. The number of nitrogens with one attached hydrogen (secondary N) is 1. The van der Waals surface area contributed by atoms with E-state index in [9.17, 15) is 23.1 Å². The van der Waals surface area contributed by atoms with Crippen LogP contribution >= 0.6 is 11.8 Å². The third kappa shape index (κ3) is 4.41. The van der Waals surface area contributed by atoms with E-state index in [1.807, 2.05) is 6.07 Å². The summed E-state index contributed by atoms with van der Waals surface area (Å²) in [5, 5.41) is 12.9. The molecule has 2 aliphatic rings. The molecule has 2 aliphatic heterocycles. The van der Waals surface area contributed by atoms with Crippen LogP contribution in [0.25, 0.3) is 0 Å². The molecule has 2 N–H and O–H groups in total. The predicted molar refractivity (Wildman–Crippen MR) is 118 cm³/mol. The average Bonchev–Trinajstić information content (AvgIpc) is 2.94. The Bertz CT molecular complexity index is 1140. The summed E-state index contributed by atoms with van der Waals surface area (Å²) in [5.74, 6) is 0.129. The summed E-state index contributed by atoms with van der Waals surface area (Å²) in [7, 11) is -3.86. The van der Waals surface area contributed by atoms with Crippen LogP contribution in [0.5, 0.6) is 5.75 Å². The third-order valence-corrected chi connectivity index (χ3v) is 8.35. The summed E-state index contributed by atoms with van der Waals surface area (Å²) in [6, 6.07) is 9.72. The second-order valence-electron chi connectivity index (χ2n) is 7.53. The van der Waals surface area contributed by atoms with Gasteiger partial charge in [0.25, 0.3) is 5.91 Å². The normalized spacial score (nSPS) is 17.6. The van der Waals surface area contributed by atoms with Crippen LogP contribution in [-0.2, 0) is 14.8 Å². The van der Waals surface area contributed by atoms with E-state index in [-0.39, 0.29) is 48.6 Å². The van der Waals surface area contributed by atoms with E-state index in [1.165, 1.54) is 16.4 Å². The molecule has 1 saturated heterocycles. The maximum Gasteiger partial charge on any atom is 0.254 e. The van der Waals surface area contributed by atoms with Crippen LogP contribution in [0, 0.1) is 6.92 Å². The molecule has 2 amide bonds. The smallest absolute Gasteiger partial charge is 0.254 e. The van der Waals surface area contributed by atoms with Crippen LogP contribution in [0.15, 0.2) is 46.2 Å². The van der Waals surface area contributed by atoms with E-state index < -0.39 is 10.0 Å². The van der Waals surface area contributed by atoms with Gasteiger partial charge in [0, 0.05) is 48.8 Å². The van der Waals surface area contributed by atoms with Crippen molar-refractivity contribution in [1.82, 2.24) is 9.21 Å². The van der Waals surface area contributed by atoms with E-state index in [0.29, 0.717) is 23.4 Å². The molecule has 4 rings (SSSR count). The van der Waals surface area contributed by atoms with E-state index in [1.54, 1.807) is 41.8 Å². The average molecular weight is 462 g/mol. The van der Waals surface area contributed by atoms with E-state index in [0.717, 1.165) is 10.5 Å². The first-order chi connectivity index (χ1) is 14.8. The van der Waals surface area contributed by atoms with E-state index in [2.05, 4.69) is 5.32 Å². The van der Waals surface area contributed by atoms with Gasteiger partial charge in [-0.25, -0.2) is 8.42 Å². The highest BCUT2D eigenvalue weighted by Gasteiger charge is 2.32. The second-order valence-corrected chi connectivity index (χ2v) is 10.6. The number of hydrogen-bond acceptors (Lipinski definition) is 6. The molecule has 0 saturated carbocycles. The number of piperazine rings is 1. The number of hydrogen-bond donors (Lipinski definition) is 2. The Morgan fingerprint density at radius 1 is 1.10 bits per heavy atom. The summed E-state index contributed by atoms with van der Waals surface area (Å²) in [6.45, 7) is 2.51. The Morgan fingerprint density at radius 2 is 1.84 bits per heavy atom. The lowest BCUT2D eigenvalue weighted by atomic mass is 10.1. The minimum atomic E-state index is -3.86. The van der Waals surface area contributed by atoms with Crippen LogP contribution < -0.4 is 5.32 Å². The molecule has 0 spiro atoms. The number of carbonyl (C=O) groups is 2. The lowest BCUT2D eigenvalue weighted by molar-refractivity contribution is -0.115. The topological polar surface area (TPSA) is 107 Å². The van der Waals surface area contributed by atoms with E-state index in [4.69, 9.17) is 0 Å². The minimum absolute atomic E-state index is 0.0749. The Labute approximate surface area is 185 Å². The third-order valence-electron chi connectivity index (χ3n) is 5.35. The number of carbonyl (C=O) groups excluding carboxylic acids is 2. The number of fused-ring (bicyclic) bond motifs is 1. The first kappa shape index (κ1) is 21.7. The van der Waals surface area contributed by atoms with Gasteiger partial charge in [0.15, 0.2) is 0 Å². The highest BCUT2D eigenvalue weighted by Crippen LogP contribution is 2.32. The summed E-state index contributed by atoms with van der Waals surface area (Å²) in [4.78, 5) is 27.2. The van der Waals surface area contributed by atoms with Crippen molar-refractivity contribution in [3.63, 3.8) is 0 Å². The number of sulfonamides is 1. The van der Waals surface area contributed by atoms with Gasteiger partial charge in [-0.3, -0.25) is 9.59 Å². The van der Waals surface area contributed by atoms with Gasteiger partial charge in [0.1, 0.15) is 10.6 Å². The number of aromatic hydroxyl groups is 1. The molecule has 31 heavy (non-hydrogen) atoms. The van der Waals surface area contributed by atoms with Gasteiger partial charge in [-0.15, -0.1) is 11.8 Å². The number of aryl methyl sites for hydroxylation is 1. The quantitative estimate of drug-likeness (QED) is 0.726. The fourth-order valence-corrected chi connectivity index (χ4v) is 6.16. The summed E-state index contributed by atoms with van der Waals surface area (Å²) >= 11 is 1.57. The van der Waals surface area contributed by atoms with Crippen LogP contribution in [-0.4, -0.2) is 66.5 Å². The zero-order valence-electron chi connectivity index (χ0n) is 17.0. The number of rotatable bonds is 3. The molecule has 0 aromatic heterocycles. The first-order valence-corrected chi connectivity index (χ1v) is 12.3. The lowest BCUT2D eigenvalue weighted by Gasteiger charge is -2.34. The number of phenolic OH excluding ortho intramolecular Hbond substituents is 1. The molecule has 164 valence electrons. The molecule has 2 heterocycles. The molecule has 8 nitrogen and oxygen atoms in total. The van der Waals surface area contributed by atoms with Gasteiger partial charge in [0.05, 0.1) is 5.69 Å². The molecule has 0 radical (unpaired) electrons. The second kappa shape index (κ2) is 8.52. The molecule has 0 aliphatic carbocycles. The van der Waals surface area contributed by atoms with Gasteiger partial charge in [0.2, 0.25) is 15.9 Å². The SMILES string of the molecule is Cc1ccc(O)c(S(=O)(=O)N2CCN(C(=O)c3ccc4c(c3)NC(=O)CCS4)CC2)c1. The molecule has 2 aromatic rings. The largest absolute Gasteiger partial charge is 0.507 e. The fraction of sp³-hybridized carbons (Fsp3) is 0.333. The predicted octanol–water partition coefficient (Wildman–Crippen LogP) is 2.28. The molecule has 1 fully saturated rings. The van der Waals surface area contributed by atoms with Gasteiger partial charge in [-0.05, 0) is 42.8 Å². The number of anilines is 1. The molecule has 2 aromatic carbocycles. The van der Waals surface area contributed by atoms with Gasteiger partial charge >= 0.3 is 0 Å². The summed E-state index contributed by atoms with van der Waals surface area (Å²) < 4.78 is 27.2. The van der Waals surface area contributed by atoms with Crippen molar-refractivity contribution in [2.75, 3.05) is 37.2 Å². The molecular formula is C21H23N3O5S2. The minimum Gasteiger partial charge on any atom is -0.507 e. The highest BCUT2D eigenvalue weighted by molar-refractivity contribution is 7.99. The molecule has 10 heteroatoms. The summed E-state index contributed by atoms with van der Waals surface area (Å²) in [5.41, 5.74) is 1.82. The number of phenols is 1. The molecule has 0 atom stereocenters. The number of benzene rings is 2. The first-order valence-electron chi connectivity index (χ1n) is 9.91. The Kier molecular flexibility index (Phi) is 5.96. The Morgan fingerprint density at radius 3 is 2.58 bits per heavy atom. The maximum absolute atomic E-state index is 13.0. The summed E-state index contributed by atoms with van der Waals surface area (Å²) in [6.07, 6.45) is 0.426. The van der Waals surface area contributed by atoms with Gasteiger partial charge < -0.3 is 15.3 Å². The molecule has 0 unspecified atom stereocenters. The van der Waals surface area contributed by atoms with Crippen molar-refractivity contribution >= 4 is 39.3 Å². The molecular weight excluding hydrogens is 438 g/mol. The van der Waals surface area contributed by atoms with Crippen LogP contribution in [0.3, 0.4) is 0 Å². The Balaban J connectivity index is 1.47. The zero-order valence-corrected chi connectivity index (χ0v) is 18.6. The van der Waals surface area contributed by atoms with E-state index >= 15 is 0 Å². The number of thioether (sulfide) groups is 1. The van der Waals surface area contributed by atoms with Gasteiger partial charge in [-0.2, -0.15) is 4.31 Å². The van der Waals surface area contributed by atoms with Crippen LogP contribution in [0.2, 0.25) is 0 Å². The zero-order chi connectivity index (χ0) is 22.2. The van der Waals surface area contributed by atoms with Gasteiger partial charge in [-0.1, -0.05) is 6.07 Å². The van der Waals surface area contributed by atoms with Crippen LogP contribution in [0.1, 0.15) is 22.3 Å². The monoisotopic (exact) mass is 461 g/mol. The highest BCUT2D eigenvalue weighted by atomic mass is 32.2. The van der Waals surface area contributed by atoms with Crippen molar-refractivity contribution in [1.29, 1.82) is 0 Å².